The van der Waals surface area contributed by atoms with E-state index in [1.807, 2.05) is 55.5 Å². The molecule has 7 heteroatoms. The maximum absolute atomic E-state index is 12.2. The number of esters is 1. The van der Waals surface area contributed by atoms with Gasteiger partial charge in [-0.3, -0.25) is 10.1 Å². The van der Waals surface area contributed by atoms with Crippen molar-refractivity contribution in [2.75, 3.05) is 0 Å². The van der Waals surface area contributed by atoms with Gasteiger partial charge in [-0.05, 0) is 49.2 Å². The van der Waals surface area contributed by atoms with Crippen molar-refractivity contribution in [3.63, 3.8) is 0 Å². The zero-order chi connectivity index (χ0) is 22.7. The van der Waals surface area contributed by atoms with E-state index in [4.69, 9.17) is 9.47 Å². The van der Waals surface area contributed by atoms with E-state index in [2.05, 4.69) is 4.99 Å². The number of ether oxygens (including phenoxy) is 2. The Labute approximate surface area is 184 Å². The van der Waals surface area contributed by atoms with Gasteiger partial charge in [-0.25, -0.2) is 9.79 Å². The Bertz CT molecular complexity index is 1240. The first-order valence-electron chi connectivity index (χ1n) is 9.95. The van der Waals surface area contributed by atoms with Crippen molar-refractivity contribution in [3.8, 4) is 5.75 Å². The number of rotatable bonds is 6. The van der Waals surface area contributed by atoms with Crippen LogP contribution in [0.4, 0.5) is 5.69 Å². The monoisotopic (exact) mass is 428 g/mol. The predicted octanol–water partition coefficient (Wildman–Crippen LogP) is 5.14. The Morgan fingerprint density at radius 3 is 2.44 bits per heavy atom. The van der Waals surface area contributed by atoms with E-state index in [0.29, 0.717) is 23.5 Å². The topological polar surface area (TPSA) is 91.0 Å². The van der Waals surface area contributed by atoms with Gasteiger partial charge < -0.3 is 9.47 Å². The number of aryl methyl sites for hydroxylation is 2. The van der Waals surface area contributed by atoms with Gasteiger partial charge in [-0.1, -0.05) is 48.0 Å². The van der Waals surface area contributed by atoms with Crippen LogP contribution in [-0.4, -0.2) is 16.8 Å². The van der Waals surface area contributed by atoms with Crippen molar-refractivity contribution in [1.82, 2.24) is 0 Å². The second-order valence-corrected chi connectivity index (χ2v) is 7.44. The second-order valence-electron chi connectivity index (χ2n) is 7.44. The molecule has 0 spiro atoms. The van der Waals surface area contributed by atoms with Crippen LogP contribution in [0.2, 0.25) is 0 Å². The summed E-state index contributed by atoms with van der Waals surface area (Å²) < 4.78 is 11.0. The summed E-state index contributed by atoms with van der Waals surface area (Å²) >= 11 is 0. The lowest BCUT2D eigenvalue weighted by molar-refractivity contribution is -0.385. The molecule has 0 aliphatic carbocycles. The molecule has 160 valence electrons. The summed E-state index contributed by atoms with van der Waals surface area (Å²) in [5.74, 6) is 0.142. The molecular formula is C25H20N2O5. The van der Waals surface area contributed by atoms with E-state index in [1.54, 1.807) is 25.1 Å². The van der Waals surface area contributed by atoms with Crippen molar-refractivity contribution in [2.45, 2.75) is 20.5 Å². The van der Waals surface area contributed by atoms with Gasteiger partial charge in [0.2, 0.25) is 5.90 Å². The average Bonchev–Trinajstić information content (AvgIpc) is 3.14. The molecule has 0 amide bonds. The lowest BCUT2D eigenvalue weighted by Crippen LogP contribution is -2.06. The SMILES string of the molecule is Cc1ccc(COc2ccc(C=C3N=C(c4ccc(C)c([N+](=O)[O-])c4)OC3=O)cc2)cc1. The third-order valence-electron chi connectivity index (χ3n) is 4.98. The number of hydrogen-bond acceptors (Lipinski definition) is 6. The van der Waals surface area contributed by atoms with Crippen LogP contribution in [0.25, 0.3) is 6.08 Å². The summed E-state index contributed by atoms with van der Waals surface area (Å²) in [5.41, 5.74) is 3.98. The molecule has 0 aromatic heterocycles. The van der Waals surface area contributed by atoms with Gasteiger partial charge in [0.1, 0.15) is 12.4 Å². The molecule has 0 fully saturated rings. The highest BCUT2D eigenvalue weighted by Gasteiger charge is 2.25. The molecule has 0 saturated heterocycles. The maximum Gasteiger partial charge on any atom is 0.363 e. The summed E-state index contributed by atoms with van der Waals surface area (Å²) in [6, 6.07) is 20.0. The van der Waals surface area contributed by atoms with Crippen molar-refractivity contribution in [3.05, 3.63) is 110 Å². The van der Waals surface area contributed by atoms with E-state index >= 15 is 0 Å². The van der Waals surface area contributed by atoms with Gasteiger partial charge in [0.05, 0.1) is 4.92 Å². The number of cyclic esters (lactones) is 1. The molecule has 4 rings (SSSR count). The lowest BCUT2D eigenvalue weighted by atomic mass is 10.1. The number of benzene rings is 3. The molecule has 0 unspecified atom stereocenters. The van der Waals surface area contributed by atoms with Crippen LogP contribution in [0.5, 0.6) is 5.75 Å². The normalized spacial score (nSPS) is 14.2. The van der Waals surface area contributed by atoms with Gasteiger partial charge in [-0.15, -0.1) is 0 Å². The lowest BCUT2D eigenvalue weighted by Gasteiger charge is -2.07. The van der Waals surface area contributed by atoms with Crippen molar-refractivity contribution in [1.29, 1.82) is 0 Å². The summed E-state index contributed by atoms with van der Waals surface area (Å²) in [6.07, 6.45) is 1.60. The van der Waals surface area contributed by atoms with E-state index < -0.39 is 10.9 Å². The summed E-state index contributed by atoms with van der Waals surface area (Å²) in [7, 11) is 0. The number of nitrogens with zero attached hydrogens (tertiary/aromatic N) is 2. The molecule has 32 heavy (non-hydrogen) atoms. The van der Waals surface area contributed by atoms with Crippen LogP contribution in [0, 0.1) is 24.0 Å². The average molecular weight is 428 g/mol. The molecular weight excluding hydrogens is 408 g/mol. The highest BCUT2D eigenvalue weighted by molar-refractivity contribution is 6.13. The first-order valence-corrected chi connectivity index (χ1v) is 9.95. The minimum Gasteiger partial charge on any atom is -0.489 e. The number of carbonyl (C=O) groups is 1. The van der Waals surface area contributed by atoms with Gasteiger partial charge in [0, 0.05) is 17.2 Å². The van der Waals surface area contributed by atoms with E-state index in [9.17, 15) is 14.9 Å². The fourth-order valence-corrected chi connectivity index (χ4v) is 3.14. The highest BCUT2D eigenvalue weighted by atomic mass is 16.6. The molecule has 1 aliphatic heterocycles. The maximum atomic E-state index is 12.2. The van der Waals surface area contributed by atoms with Crippen LogP contribution in [0.3, 0.4) is 0 Å². The zero-order valence-corrected chi connectivity index (χ0v) is 17.6. The van der Waals surface area contributed by atoms with Crippen molar-refractivity contribution >= 4 is 23.6 Å². The second kappa shape index (κ2) is 8.85. The smallest absolute Gasteiger partial charge is 0.363 e. The largest absolute Gasteiger partial charge is 0.489 e. The number of hydrogen-bond donors (Lipinski definition) is 0. The van der Waals surface area contributed by atoms with Gasteiger partial charge in [0.25, 0.3) is 5.69 Å². The van der Waals surface area contributed by atoms with Crippen molar-refractivity contribution in [2.24, 2.45) is 4.99 Å². The Balaban J connectivity index is 1.48. The Hall–Kier alpha value is -4.26. The van der Waals surface area contributed by atoms with Gasteiger partial charge in [0.15, 0.2) is 5.70 Å². The van der Waals surface area contributed by atoms with Crippen LogP contribution >= 0.6 is 0 Å². The quantitative estimate of drug-likeness (QED) is 0.235. The first-order chi connectivity index (χ1) is 15.4. The predicted molar refractivity (Wildman–Crippen MR) is 120 cm³/mol. The molecule has 7 nitrogen and oxygen atoms in total. The number of nitro groups is 1. The fraction of sp³-hybridized carbons (Fsp3) is 0.120. The van der Waals surface area contributed by atoms with Gasteiger partial charge in [-0.2, -0.15) is 0 Å². The number of aliphatic imine (C=N–C) groups is 1. The molecule has 1 aliphatic rings. The molecule has 3 aromatic rings. The molecule has 0 atom stereocenters. The third kappa shape index (κ3) is 4.73. The standard InChI is InChI=1S/C25H20N2O5/c1-16-3-6-19(7-4-16)15-31-21-11-8-18(9-12-21)13-22-25(28)32-24(26-22)20-10-5-17(2)23(14-20)27(29)30/h3-14H,15H2,1-2H3. The number of carbonyl (C=O) groups excluding carboxylic acids is 1. The summed E-state index contributed by atoms with van der Waals surface area (Å²) in [4.78, 5) is 27.1. The van der Waals surface area contributed by atoms with Crippen LogP contribution in [-0.2, 0) is 16.1 Å². The minimum atomic E-state index is -0.608. The van der Waals surface area contributed by atoms with Crippen LogP contribution < -0.4 is 4.74 Å². The Kier molecular flexibility index (Phi) is 5.81. The first kappa shape index (κ1) is 21.0. The Morgan fingerprint density at radius 1 is 1.03 bits per heavy atom. The molecule has 0 radical (unpaired) electrons. The van der Waals surface area contributed by atoms with E-state index in [-0.39, 0.29) is 17.3 Å². The summed E-state index contributed by atoms with van der Waals surface area (Å²) in [5, 5.41) is 11.2. The third-order valence-corrected chi connectivity index (χ3v) is 4.98. The minimum absolute atomic E-state index is 0.0439. The highest BCUT2D eigenvalue weighted by Crippen LogP contribution is 2.24. The van der Waals surface area contributed by atoms with E-state index in [0.717, 1.165) is 11.1 Å². The van der Waals surface area contributed by atoms with Gasteiger partial charge >= 0.3 is 5.97 Å². The molecule has 0 N–H and O–H groups in total. The van der Waals surface area contributed by atoms with Crippen molar-refractivity contribution < 1.29 is 19.2 Å². The van der Waals surface area contributed by atoms with Crippen LogP contribution in [0.1, 0.15) is 27.8 Å². The Morgan fingerprint density at radius 2 is 1.75 bits per heavy atom. The molecule has 0 bridgehead atoms. The fourth-order valence-electron chi connectivity index (χ4n) is 3.14. The van der Waals surface area contributed by atoms with E-state index in [1.165, 1.54) is 11.6 Å². The molecule has 1 heterocycles. The number of nitro benzene ring substituents is 1. The molecule has 0 saturated carbocycles. The zero-order valence-electron chi connectivity index (χ0n) is 17.6. The molecule has 3 aromatic carbocycles. The summed E-state index contributed by atoms with van der Waals surface area (Å²) in [6.45, 7) is 4.14. The van der Waals surface area contributed by atoms with Crippen LogP contribution in [0.15, 0.2) is 77.4 Å².